The van der Waals surface area contributed by atoms with E-state index in [-0.39, 0.29) is 0 Å². The Morgan fingerprint density at radius 2 is 2.17 bits per heavy atom. The van der Waals surface area contributed by atoms with Crippen LogP contribution in [-0.4, -0.2) is 62.7 Å². The van der Waals surface area contributed by atoms with Crippen LogP contribution in [0.15, 0.2) is 0 Å². The average molecular weight is 254 g/mol. The molecule has 0 spiro atoms. The highest BCUT2D eigenvalue weighted by Crippen LogP contribution is 2.46. The molecular weight excluding hydrogens is 228 g/mol. The van der Waals surface area contributed by atoms with Crippen LogP contribution in [0.3, 0.4) is 0 Å². The third-order valence-electron chi connectivity index (χ3n) is 4.63. The van der Waals surface area contributed by atoms with E-state index in [2.05, 4.69) is 30.8 Å². The van der Waals surface area contributed by atoms with Gasteiger partial charge in [0.1, 0.15) is 0 Å². The molecule has 0 aromatic rings. The molecule has 104 valence electrons. The number of likely N-dealkylation sites (tertiary alicyclic amines) is 1. The van der Waals surface area contributed by atoms with Crippen LogP contribution in [0, 0.1) is 17.8 Å². The summed E-state index contributed by atoms with van der Waals surface area (Å²) in [5.74, 6) is 2.28. The Morgan fingerprint density at radius 3 is 2.78 bits per heavy atom. The predicted octanol–water partition coefficient (Wildman–Crippen LogP) is 1.07. The van der Waals surface area contributed by atoms with E-state index in [0.717, 1.165) is 25.4 Å². The topological polar surface area (TPSA) is 32.8 Å². The van der Waals surface area contributed by atoms with Gasteiger partial charge < -0.3 is 14.5 Å². The predicted molar refractivity (Wildman–Crippen MR) is 71.3 cm³/mol. The molecule has 1 aliphatic heterocycles. The van der Waals surface area contributed by atoms with E-state index >= 15 is 0 Å². The van der Waals surface area contributed by atoms with Crippen LogP contribution in [-0.2, 0) is 9.53 Å². The minimum absolute atomic E-state index is 0.331. The van der Waals surface area contributed by atoms with Crippen molar-refractivity contribution in [1.82, 2.24) is 9.80 Å². The van der Waals surface area contributed by atoms with Crippen molar-refractivity contribution in [1.29, 1.82) is 0 Å². The standard InChI is InChI=1S/C14H26N2O2/c1-10-7-13-11(12(10)9-15(2)3)8-14(17)16(13)5-6-18-4/h10-13H,5-9H2,1-4H3/t10-,11-,12+,13+/m0/s1. The maximum absolute atomic E-state index is 12.1. The number of methoxy groups -OCH3 is 1. The summed E-state index contributed by atoms with van der Waals surface area (Å²) >= 11 is 0. The molecule has 1 aliphatic carbocycles. The third-order valence-corrected chi connectivity index (χ3v) is 4.63. The number of fused-ring (bicyclic) bond motifs is 1. The van der Waals surface area contributed by atoms with Gasteiger partial charge in [0.05, 0.1) is 6.61 Å². The summed E-state index contributed by atoms with van der Waals surface area (Å²) in [7, 11) is 5.95. The number of carbonyl (C=O) groups excluding carboxylic acids is 1. The van der Waals surface area contributed by atoms with Crippen molar-refractivity contribution >= 4 is 5.91 Å². The Balaban J connectivity index is 2.04. The van der Waals surface area contributed by atoms with E-state index in [4.69, 9.17) is 4.74 Å². The minimum Gasteiger partial charge on any atom is -0.383 e. The average Bonchev–Trinajstić information content (AvgIpc) is 2.74. The maximum atomic E-state index is 12.1. The van der Waals surface area contributed by atoms with Crippen LogP contribution < -0.4 is 0 Å². The highest BCUT2D eigenvalue weighted by atomic mass is 16.5. The lowest BCUT2D eigenvalue weighted by Crippen LogP contribution is -2.36. The number of carbonyl (C=O) groups is 1. The smallest absolute Gasteiger partial charge is 0.223 e. The van der Waals surface area contributed by atoms with Gasteiger partial charge in [0.15, 0.2) is 0 Å². The van der Waals surface area contributed by atoms with Gasteiger partial charge in [-0.05, 0) is 38.3 Å². The second-order valence-electron chi connectivity index (χ2n) is 6.15. The molecule has 0 aromatic carbocycles. The van der Waals surface area contributed by atoms with Crippen LogP contribution >= 0.6 is 0 Å². The molecule has 2 aliphatic rings. The van der Waals surface area contributed by atoms with Gasteiger partial charge in [0.25, 0.3) is 0 Å². The van der Waals surface area contributed by atoms with Gasteiger partial charge in [-0.1, -0.05) is 6.92 Å². The third kappa shape index (κ3) is 2.54. The summed E-state index contributed by atoms with van der Waals surface area (Å²) in [6.45, 7) is 4.86. The summed E-state index contributed by atoms with van der Waals surface area (Å²) in [5.41, 5.74) is 0. The van der Waals surface area contributed by atoms with Gasteiger partial charge in [0.2, 0.25) is 5.91 Å². The first-order valence-corrected chi connectivity index (χ1v) is 6.97. The molecule has 0 bridgehead atoms. The monoisotopic (exact) mass is 254 g/mol. The largest absolute Gasteiger partial charge is 0.383 e. The Labute approximate surface area is 110 Å². The fraction of sp³-hybridized carbons (Fsp3) is 0.929. The molecule has 2 rings (SSSR count). The summed E-state index contributed by atoms with van der Waals surface area (Å²) in [6.07, 6.45) is 1.91. The van der Waals surface area contributed by atoms with E-state index in [1.54, 1.807) is 7.11 Å². The van der Waals surface area contributed by atoms with E-state index < -0.39 is 0 Å². The van der Waals surface area contributed by atoms with E-state index in [9.17, 15) is 4.79 Å². The van der Waals surface area contributed by atoms with Gasteiger partial charge in [-0.15, -0.1) is 0 Å². The van der Waals surface area contributed by atoms with Crippen molar-refractivity contribution in [3.05, 3.63) is 0 Å². The number of ether oxygens (including phenoxy) is 1. The van der Waals surface area contributed by atoms with Crippen LogP contribution in [0.4, 0.5) is 0 Å². The minimum atomic E-state index is 0.331. The van der Waals surface area contributed by atoms with Gasteiger partial charge >= 0.3 is 0 Å². The molecule has 1 amide bonds. The molecule has 4 atom stereocenters. The first-order chi connectivity index (χ1) is 8.54. The number of hydrogen-bond donors (Lipinski definition) is 0. The van der Waals surface area contributed by atoms with E-state index in [1.165, 1.54) is 6.42 Å². The molecule has 0 radical (unpaired) electrons. The number of nitrogens with zero attached hydrogens (tertiary/aromatic N) is 2. The Kier molecular flexibility index (Phi) is 4.28. The highest BCUT2D eigenvalue weighted by molar-refractivity contribution is 5.79. The van der Waals surface area contributed by atoms with Gasteiger partial charge in [-0.25, -0.2) is 0 Å². The summed E-state index contributed by atoms with van der Waals surface area (Å²) in [5, 5.41) is 0. The van der Waals surface area contributed by atoms with Crippen LogP contribution in [0.5, 0.6) is 0 Å². The van der Waals surface area contributed by atoms with Crippen LogP contribution in [0.1, 0.15) is 19.8 Å². The van der Waals surface area contributed by atoms with Crippen molar-refractivity contribution < 1.29 is 9.53 Å². The van der Waals surface area contributed by atoms with Crippen molar-refractivity contribution in [3.8, 4) is 0 Å². The molecule has 2 fully saturated rings. The second-order valence-corrected chi connectivity index (χ2v) is 6.15. The zero-order valence-corrected chi connectivity index (χ0v) is 12.1. The summed E-state index contributed by atoms with van der Waals surface area (Å²) in [6, 6.07) is 0.465. The number of hydrogen-bond acceptors (Lipinski definition) is 3. The fourth-order valence-electron chi connectivity index (χ4n) is 3.80. The van der Waals surface area contributed by atoms with Crippen molar-refractivity contribution in [3.63, 3.8) is 0 Å². The molecule has 0 unspecified atom stereocenters. The molecule has 0 aromatic heterocycles. The van der Waals surface area contributed by atoms with Crippen molar-refractivity contribution in [2.24, 2.45) is 17.8 Å². The molecule has 1 saturated heterocycles. The van der Waals surface area contributed by atoms with Crippen molar-refractivity contribution in [2.45, 2.75) is 25.8 Å². The summed E-state index contributed by atoms with van der Waals surface area (Å²) in [4.78, 5) is 16.4. The zero-order chi connectivity index (χ0) is 13.3. The molecule has 18 heavy (non-hydrogen) atoms. The van der Waals surface area contributed by atoms with Crippen LogP contribution in [0.2, 0.25) is 0 Å². The highest BCUT2D eigenvalue weighted by Gasteiger charge is 2.50. The Morgan fingerprint density at radius 1 is 1.44 bits per heavy atom. The molecule has 1 saturated carbocycles. The maximum Gasteiger partial charge on any atom is 0.223 e. The second kappa shape index (κ2) is 5.57. The number of amides is 1. The molecule has 4 heteroatoms. The first-order valence-electron chi connectivity index (χ1n) is 6.97. The van der Waals surface area contributed by atoms with Gasteiger partial charge in [-0.3, -0.25) is 4.79 Å². The van der Waals surface area contributed by atoms with E-state index in [0.29, 0.717) is 30.4 Å². The molecule has 0 N–H and O–H groups in total. The first kappa shape index (κ1) is 13.8. The van der Waals surface area contributed by atoms with E-state index in [1.807, 2.05) is 0 Å². The Bertz CT molecular complexity index is 306. The summed E-state index contributed by atoms with van der Waals surface area (Å²) < 4.78 is 5.12. The van der Waals surface area contributed by atoms with Gasteiger partial charge in [0, 0.05) is 32.7 Å². The SMILES string of the molecule is COCCN1C(=O)C[C@H]2[C@H](CN(C)C)[C@@H](C)C[C@H]21. The Hall–Kier alpha value is -0.610. The fourth-order valence-corrected chi connectivity index (χ4v) is 3.80. The van der Waals surface area contributed by atoms with Crippen LogP contribution in [0.25, 0.3) is 0 Å². The lowest BCUT2D eigenvalue weighted by atomic mass is 9.88. The quantitative estimate of drug-likeness (QED) is 0.735. The lowest BCUT2D eigenvalue weighted by molar-refractivity contribution is -0.129. The van der Waals surface area contributed by atoms with Crippen molar-refractivity contribution in [2.75, 3.05) is 40.9 Å². The molecular formula is C14H26N2O2. The number of rotatable bonds is 5. The lowest BCUT2D eigenvalue weighted by Gasteiger charge is -2.25. The molecule has 4 nitrogen and oxygen atoms in total. The van der Waals surface area contributed by atoms with Gasteiger partial charge in [-0.2, -0.15) is 0 Å². The molecule has 1 heterocycles. The normalized spacial score (nSPS) is 35.6. The zero-order valence-electron chi connectivity index (χ0n) is 12.1.